The Kier molecular flexibility index (Phi) is 4.59. The molecule has 1 aliphatic rings. The van der Waals surface area contributed by atoms with Crippen LogP contribution in [0.5, 0.6) is 0 Å². The maximum Gasteiger partial charge on any atom is 0.416 e. The minimum absolute atomic E-state index is 0.0311. The standard InChI is InChI=1S/C16H20F3NO/c1-11-6-12(2)10-20(9-11)15(21)8-13-4-3-5-14(7-13)16(17,18)19/h3-5,7,11-12H,6,8-10H2,1-2H3. The zero-order valence-corrected chi connectivity index (χ0v) is 12.3. The Labute approximate surface area is 122 Å². The minimum Gasteiger partial charge on any atom is -0.342 e. The van der Waals surface area contributed by atoms with Crippen LogP contribution < -0.4 is 0 Å². The van der Waals surface area contributed by atoms with Crippen LogP contribution in [0.1, 0.15) is 31.4 Å². The highest BCUT2D eigenvalue weighted by Gasteiger charge is 2.31. The first-order valence-corrected chi connectivity index (χ1v) is 7.19. The van der Waals surface area contributed by atoms with Gasteiger partial charge in [-0.15, -0.1) is 0 Å². The molecule has 0 radical (unpaired) electrons. The van der Waals surface area contributed by atoms with Crippen molar-refractivity contribution in [1.29, 1.82) is 0 Å². The summed E-state index contributed by atoms with van der Waals surface area (Å²) in [4.78, 5) is 14.0. The molecule has 0 N–H and O–H groups in total. The number of benzene rings is 1. The number of hydrogen-bond donors (Lipinski definition) is 0. The Hall–Kier alpha value is -1.52. The van der Waals surface area contributed by atoms with Crippen molar-refractivity contribution in [2.75, 3.05) is 13.1 Å². The van der Waals surface area contributed by atoms with E-state index in [-0.39, 0.29) is 12.3 Å². The van der Waals surface area contributed by atoms with Crippen molar-refractivity contribution in [2.24, 2.45) is 11.8 Å². The summed E-state index contributed by atoms with van der Waals surface area (Å²) in [6.07, 6.45) is -3.25. The average molecular weight is 299 g/mol. The highest BCUT2D eigenvalue weighted by molar-refractivity contribution is 5.79. The summed E-state index contributed by atoms with van der Waals surface area (Å²) in [7, 11) is 0. The fourth-order valence-corrected chi connectivity index (χ4v) is 3.01. The van der Waals surface area contributed by atoms with Crippen LogP contribution in [0.2, 0.25) is 0 Å². The van der Waals surface area contributed by atoms with E-state index >= 15 is 0 Å². The molecular formula is C16H20F3NO. The molecular weight excluding hydrogens is 279 g/mol. The van der Waals surface area contributed by atoms with Crippen molar-refractivity contribution in [3.63, 3.8) is 0 Å². The summed E-state index contributed by atoms with van der Waals surface area (Å²) >= 11 is 0. The first-order chi connectivity index (χ1) is 9.75. The molecule has 5 heteroatoms. The van der Waals surface area contributed by atoms with E-state index in [0.29, 0.717) is 30.5 Å². The van der Waals surface area contributed by atoms with Gasteiger partial charge in [0, 0.05) is 13.1 Å². The van der Waals surface area contributed by atoms with Crippen LogP contribution in [-0.4, -0.2) is 23.9 Å². The third kappa shape index (κ3) is 4.22. The van der Waals surface area contributed by atoms with E-state index in [9.17, 15) is 18.0 Å². The normalized spacial score (nSPS) is 23.2. The van der Waals surface area contributed by atoms with E-state index in [4.69, 9.17) is 0 Å². The van der Waals surface area contributed by atoms with Crippen LogP contribution in [0.3, 0.4) is 0 Å². The number of nitrogens with zero attached hydrogens (tertiary/aromatic N) is 1. The monoisotopic (exact) mass is 299 g/mol. The Balaban J connectivity index is 2.06. The second-order valence-corrected chi connectivity index (χ2v) is 6.12. The summed E-state index contributed by atoms with van der Waals surface area (Å²) in [5.74, 6) is 0.797. The molecule has 2 unspecified atom stereocenters. The number of rotatable bonds is 2. The van der Waals surface area contributed by atoms with Crippen LogP contribution >= 0.6 is 0 Å². The van der Waals surface area contributed by atoms with Crippen molar-refractivity contribution < 1.29 is 18.0 Å². The molecule has 116 valence electrons. The van der Waals surface area contributed by atoms with Gasteiger partial charge in [-0.05, 0) is 29.9 Å². The third-order valence-corrected chi connectivity index (χ3v) is 3.83. The smallest absolute Gasteiger partial charge is 0.342 e. The number of hydrogen-bond acceptors (Lipinski definition) is 1. The van der Waals surface area contributed by atoms with Gasteiger partial charge in [0.2, 0.25) is 5.91 Å². The van der Waals surface area contributed by atoms with Crippen molar-refractivity contribution in [3.8, 4) is 0 Å². The third-order valence-electron chi connectivity index (χ3n) is 3.83. The first-order valence-electron chi connectivity index (χ1n) is 7.19. The topological polar surface area (TPSA) is 20.3 Å². The zero-order valence-electron chi connectivity index (χ0n) is 12.3. The molecule has 0 spiro atoms. The molecule has 0 bridgehead atoms. The van der Waals surface area contributed by atoms with Gasteiger partial charge in [0.1, 0.15) is 0 Å². The molecule has 0 aromatic heterocycles. The van der Waals surface area contributed by atoms with Gasteiger partial charge in [0.05, 0.1) is 12.0 Å². The fourth-order valence-electron chi connectivity index (χ4n) is 3.01. The van der Waals surface area contributed by atoms with Crippen molar-refractivity contribution in [1.82, 2.24) is 4.90 Å². The number of piperidine rings is 1. The number of halogens is 3. The van der Waals surface area contributed by atoms with Crippen LogP contribution in [-0.2, 0) is 17.4 Å². The molecule has 2 atom stereocenters. The maximum absolute atomic E-state index is 12.7. The SMILES string of the molecule is CC1CC(C)CN(C(=O)Cc2cccc(C(F)(F)F)c2)C1. The van der Waals surface area contributed by atoms with Crippen LogP contribution in [0.4, 0.5) is 13.2 Å². The lowest BCUT2D eigenvalue weighted by molar-refractivity contribution is -0.138. The minimum atomic E-state index is -4.37. The lowest BCUT2D eigenvalue weighted by Gasteiger charge is -2.35. The molecule has 21 heavy (non-hydrogen) atoms. The summed E-state index contributed by atoms with van der Waals surface area (Å²) in [5.41, 5.74) is -0.283. The van der Waals surface area contributed by atoms with Crippen LogP contribution in [0, 0.1) is 11.8 Å². The fraction of sp³-hybridized carbons (Fsp3) is 0.562. The molecule has 1 fully saturated rings. The van der Waals surface area contributed by atoms with E-state index in [2.05, 4.69) is 13.8 Å². The van der Waals surface area contributed by atoms with Gasteiger partial charge in [-0.1, -0.05) is 32.0 Å². The average Bonchev–Trinajstić information content (AvgIpc) is 2.37. The van der Waals surface area contributed by atoms with Gasteiger partial charge in [0.15, 0.2) is 0 Å². The first kappa shape index (κ1) is 15.9. The van der Waals surface area contributed by atoms with E-state index in [1.165, 1.54) is 6.07 Å². The summed E-state index contributed by atoms with van der Waals surface area (Å²) < 4.78 is 38.0. The summed E-state index contributed by atoms with van der Waals surface area (Å²) in [6.45, 7) is 5.59. The number of alkyl halides is 3. The van der Waals surface area contributed by atoms with E-state index in [0.717, 1.165) is 18.6 Å². The van der Waals surface area contributed by atoms with Gasteiger partial charge in [-0.25, -0.2) is 0 Å². The number of carbonyl (C=O) groups is 1. The van der Waals surface area contributed by atoms with Gasteiger partial charge in [-0.3, -0.25) is 4.79 Å². The van der Waals surface area contributed by atoms with Crippen LogP contribution in [0.15, 0.2) is 24.3 Å². The van der Waals surface area contributed by atoms with Gasteiger partial charge in [-0.2, -0.15) is 13.2 Å². The van der Waals surface area contributed by atoms with Crippen molar-refractivity contribution in [2.45, 2.75) is 32.9 Å². The summed E-state index contributed by atoms with van der Waals surface area (Å²) in [6, 6.07) is 5.02. The molecule has 1 saturated heterocycles. The largest absolute Gasteiger partial charge is 0.416 e. The second-order valence-electron chi connectivity index (χ2n) is 6.12. The Morgan fingerprint density at radius 2 is 1.86 bits per heavy atom. The highest BCUT2D eigenvalue weighted by Crippen LogP contribution is 2.30. The molecule has 2 nitrogen and oxygen atoms in total. The lowest BCUT2D eigenvalue weighted by Crippen LogP contribution is -2.43. The Bertz CT molecular complexity index is 502. The zero-order chi connectivity index (χ0) is 15.6. The molecule has 1 heterocycles. The molecule has 0 aliphatic carbocycles. The summed E-state index contributed by atoms with van der Waals surface area (Å²) in [5, 5.41) is 0. The lowest BCUT2D eigenvalue weighted by atomic mass is 9.91. The molecule has 1 aliphatic heterocycles. The van der Waals surface area contributed by atoms with Gasteiger partial charge < -0.3 is 4.90 Å². The number of likely N-dealkylation sites (tertiary alicyclic amines) is 1. The Morgan fingerprint density at radius 1 is 1.24 bits per heavy atom. The van der Waals surface area contributed by atoms with Gasteiger partial charge >= 0.3 is 6.18 Å². The molecule has 0 saturated carbocycles. The van der Waals surface area contributed by atoms with Crippen molar-refractivity contribution >= 4 is 5.91 Å². The highest BCUT2D eigenvalue weighted by atomic mass is 19.4. The van der Waals surface area contributed by atoms with E-state index in [1.54, 1.807) is 11.0 Å². The maximum atomic E-state index is 12.7. The molecule has 1 aromatic carbocycles. The predicted molar refractivity (Wildman–Crippen MR) is 74.7 cm³/mol. The van der Waals surface area contributed by atoms with E-state index in [1.807, 2.05) is 0 Å². The van der Waals surface area contributed by atoms with Gasteiger partial charge in [0.25, 0.3) is 0 Å². The number of carbonyl (C=O) groups excluding carboxylic acids is 1. The van der Waals surface area contributed by atoms with E-state index < -0.39 is 11.7 Å². The van der Waals surface area contributed by atoms with Crippen LogP contribution in [0.25, 0.3) is 0 Å². The predicted octanol–water partition coefficient (Wildman–Crippen LogP) is 3.75. The molecule has 2 rings (SSSR count). The molecule has 1 aromatic rings. The quantitative estimate of drug-likeness (QED) is 0.814. The second kappa shape index (κ2) is 6.08. The molecule has 1 amide bonds. The van der Waals surface area contributed by atoms with Crippen molar-refractivity contribution in [3.05, 3.63) is 35.4 Å². The Morgan fingerprint density at radius 3 is 2.43 bits per heavy atom. The number of amides is 1.